The third-order valence-corrected chi connectivity index (χ3v) is 14.6. The lowest BCUT2D eigenvalue weighted by molar-refractivity contribution is -0.384. The maximum atomic E-state index is 14.1. The van der Waals surface area contributed by atoms with Crippen LogP contribution in [0.15, 0.2) is 89.6 Å². The number of amides is 1. The number of aromatic amines is 1. The van der Waals surface area contributed by atoms with Gasteiger partial charge in [-0.2, -0.15) is 0 Å². The third kappa shape index (κ3) is 9.70. The molecule has 15 nitrogen and oxygen atoms in total. The molecular weight excluding hydrogens is 856 g/mol. The Bertz CT molecular complexity index is 2710. The summed E-state index contributed by atoms with van der Waals surface area (Å²) in [6.45, 7) is 10.7. The van der Waals surface area contributed by atoms with Gasteiger partial charge in [0.15, 0.2) is 11.4 Å². The molecule has 0 bridgehead atoms. The molecule has 1 amide bonds. The fourth-order valence-electron chi connectivity index (χ4n) is 9.43. The lowest BCUT2D eigenvalue weighted by Gasteiger charge is -2.39. The van der Waals surface area contributed by atoms with E-state index < -0.39 is 31.4 Å². The number of carbonyl (C=O) groups is 1. The lowest BCUT2D eigenvalue weighted by Crippen LogP contribution is -2.47. The topological polar surface area (TPSA) is 184 Å². The number of aromatic nitrogens is 2. The number of ether oxygens (including phenoxy) is 2. The smallest absolute Gasteiger partial charge is 0.297 e. The number of sulfonamides is 1. The number of hydrogen-bond acceptors (Lipinski definition) is 12. The van der Waals surface area contributed by atoms with Gasteiger partial charge in [-0.15, -0.1) is 0 Å². The quantitative estimate of drug-likeness (QED) is 0.0694. The van der Waals surface area contributed by atoms with Gasteiger partial charge in [-0.1, -0.05) is 43.2 Å². The van der Waals surface area contributed by atoms with Crippen LogP contribution in [0.2, 0.25) is 5.02 Å². The molecule has 336 valence electrons. The van der Waals surface area contributed by atoms with Gasteiger partial charge in [0.25, 0.3) is 21.6 Å². The van der Waals surface area contributed by atoms with Crippen molar-refractivity contribution >= 4 is 61.2 Å². The highest BCUT2D eigenvalue weighted by Crippen LogP contribution is 2.44. The fourth-order valence-corrected chi connectivity index (χ4v) is 10.6. The number of nitro benzene ring substituents is 1. The van der Waals surface area contributed by atoms with Crippen molar-refractivity contribution in [2.45, 2.75) is 63.3 Å². The number of H-pyrrole nitrogens is 1. The Morgan fingerprint density at radius 3 is 2.59 bits per heavy atom. The first kappa shape index (κ1) is 43.6. The van der Waals surface area contributed by atoms with Crippen LogP contribution < -0.4 is 29.7 Å². The summed E-state index contributed by atoms with van der Waals surface area (Å²) >= 11 is 6.25. The molecule has 1 aliphatic carbocycles. The zero-order valence-electron chi connectivity index (χ0n) is 36.0. The monoisotopic (exact) mass is 908 g/mol. The predicted octanol–water partition coefficient (Wildman–Crippen LogP) is 8.38. The summed E-state index contributed by atoms with van der Waals surface area (Å²) in [5, 5.41) is 20.4. The number of piperazine rings is 1. The van der Waals surface area contributed by atoms with Crippen LogP contribution in [0.4, 0.5) is 17.1 Å². The highest BCUT2D eigenvalue weighted by atomic mass is 35.5. The van der Waals surface area contributed by atoms with Gasteiger partial charge in [0.1, 0.15) is 23.8 Å². The Labute approximate surface area is 377 Å². The van der Waals surface area contributed by atoms with Crippen LogP contribution in [0.3, 0.4) is 0 Å². The van der Waals surface area contributed by atoms with Gasteiger partial charge in [-0.3, -0.25) is 19.8 Å². The second-order valence-electron chi connectivity index (χ2n) is 18.2. The fraction of sp³-hybridized carbons (Fsp3) is 0.404. The number of nitro groups is 1. The van der Waals surface area contributed by atoms with Crippen LogP contribution in [0.5, 0.6) is 17.2 Å². The minimum absolute atomic E-state index is 0.0334. The maximum absolute atomic E-state index is 14.1. The van der Waals surface area contributed by atoms with Gasteiger partial charge in [0, 0.05) is 73.2 Å². The van der Waals surface area contributed by atoms with Crippen LogP contribution in [-0.4, -0.2) is 92.6 Å². The number of halogens is 1. The summed E-state index contributed by atoms with van der Waals surface area (Å²) in [6.07, 6.45) is 9.25. The first-order chi connectivity index (χ1) is 30.8. The minimum Gasteiger partial charge on any atom is -0.489 e. The van der Waals surface area contributed by atoms with Crippen LogP contribution in [0.1, 0.15) is 68.3 Å². The van der Waals surface area contributed by atoms with Crippen molar-refractivity contribution in [2.75, 3.05) is 62.6 Å². The number of carbonyl (C=O) groups excluding carboxylic acids is 1. The van der Waals surface area contributed by atoms with Gasteiger partial charge < -0.3 is 30.0 Å². The summed E-state index contributed by atoms with van der Waals surface area (Å²) in [6, 6.07) is 18.9. The average molecular weight is 910 g/mol. The molecular formula is C47H53ClN8O7S. The Hall–Kier alpha value is -5.68. The summed E-state index contributed by atoms with van der Waals surface area (Å²) in [5.41, 5.74) is 5.41. The van der Waals surface area contributed by atoms with Crippen LogP contribution in [-0.2, 0) is 10.0 Å². The van der Waals surface area contributed by atoms with E-state index in [1.54, 1.807) is 30.5 Å². The van der Waals surface area contributed by atoms with E-state index >= 15 is 0 Å². The van der Waals surface area contributed by atoms with Gasteiger partial charge in [-0.05, 0) is 110 Å². The molecule has 9 rings (SSSR count). The molecule has 3 aromatic carbocycles. The molecule has 1 atom stereocenters. The van der Waals surface area contributed by atoms with Gasteiger partial charge >= 0.3 is 0 Å². The normalized spacial score (nSPS) is 19.4. The van der Waals surface area contributed by atoms with E-state index in [1.807, 2.05) is 18.2 Å². The molecule has 2 saturated heterocycles. The molecule has 0 unspecified atom stereocenters. The largest absolute Gasteiger partial charge is 0.489 e. The first-order valence-corrected chi connectivity index (χ1v) is 23.8. The summed E-state index contributed by atoms with van der Waals surface area (Å²) in [4.78, 5) is 37.5. The van der Waals surface area contributed by atoms with Crippen molar-refractivity contribution in [3.05, 3.63) is 111 Å². The third-order valence-electron chi connectivity index (χ3n) is 13.0. The number of nitrogens with zero attached hydrogens (tertiary/aromatic N) is 4. The number of rotatable bonds is 12. The number of piperidine rings is 1. The number of allylic oxidation sites excluding steroid dienone is 1. The van der Waals surface area contributed by atoms with E-state index in [-0.39, 0.29) is 40.8 Å². The second kappa shape index (κ2) is 18.1. The SMILES string of the molecule is CC1(C)CCC(CN2CCN(c3ccc(C(=O)NS(=O)(=O)c4cc5c(c([N+](=O)[O-])c4)N[C@@H](CC4CCNCC4)CO5)c(Oc4cnc5[nH]ccc5c4)c3)CC2)=C(c2ccc(Cl)cc2)C1. The standard InChI is InChI=1S/C47H53ClN8O7S/c1-47(2)13-9-33(40(26-47)31-3-5-34(48)6-4-31)28-54-17-19-55(20-18-54)36-7-8-39(42(23-36)63-37-22-32-12-16-50-45(32)51-27-37)46(57)53-64(60,61)38-24-41(56(58)59)44-43(25-38)62-29-35(52-44)21-30-10-14-49-15-11-30/h3-8,12,16,22-25,27,30,35,49,52H,9-11,13-15,17-21,26,28-29H2,1-2H3,(H,50,51)(H,53,57)/t35-/m0/s1. The zero-order valence-corrected chi connectivity index (χ0v) is 37.6. The molecule has 5 heterocycles. The second-order valence-corrected chi connectivity index (χ2v) is 20.3. The number of fused-ring (bicyclic) bond motifs is 2. The molecule has 2 fully saturated rings. The molecule has 2 aromatic heterocycles. The number of pyridine rings is 1. The molecule has 4 aliphatic rings. The molecule has 0 radical (unpaired) electrons. The Morgan fingerprint density at radius 1 is 1.05 bits per heavy atom. The van der Waals surface area contributed by atoms with E-state index in [1.165, 1.54) is 29.0 Å². The molecule has 5 aromatic rings. The maximum Gasteiger partial charge on any atom is 0.297 e. The highest BCUT2D eigenvalue weighted by Gasteiger charge is 2.34. The molecule has 4 N–H and O–H groups in total. The van der Waals surface area contributed by atoms with Gasteiger partial charge in [-0.25, -0.2) is 18.1 Å². The minimum atomic E-state index is -4.64. The first-order valence-electron chi connectivity index (χ1n) is 22.0. The van der Waals surface area contributed by atoms with E-state index in [9.17, 15) is 23.3 Å². The summed E-state index contributed by atoms with van der Waals surface area (Å²) in [7, 11) is -4.64. The van der Waals surface area contributed by atoms with Crippen LogP contribution >= 0.6 is 11.6 Å². The molecule has 0 spiro atoms. The van der Waals surface area contributed by atoms with Gasteiger partial charge in [0.2, 0.25) is 0 Å². The van der Waals surface area contributed by atoms with Crippen molar-refractivity contribution < 1.29 is 27.6 Å². The van der Waals surface area contributed by atoms with Crippen molar-refractivity contribution in [2.24, 2.45) is 11.3 Å². The number of benzene rings is 3. The molecule has 64 heavy (non-hydrogen) atoms. The summed E-state index contributed by atoms with van der Waals surface area (Å²) in [5.74, 6) is -0.0258. The zero-order chi connectivity index (χ0) is 44.6. The van der Waals surface area contributed by atoms with Crippen LogP contribution in [0.25, 0.3) is 16.6 Å². The number of nitrogens with one attached hydrogen (secondary N) is 4. The predicted molar refractivity (Wildman–Crippen MR) is 248 cm³/mol. The van der Waals surface area contributed by atoms with E-state index in [4.69, 9.17) is 21.1 Å². The number of anilines is 2. The lowest BCUT2D eigenvalue weighted by atomic mass is 9.72. The van der Waals surface area contributed by atoms with Gasteiger partial charge in [0.05, 0.1) is 27.6 Å². The van der Waals surface area contributed by atoms with Crippen molar-refractivity contribution in [3.63, 3.8) is 0 Å². The Morgan fingerprint density at radius 2 is 1.83 bits per heavy atom. The molecule has 3 aliphatic heterocycles. The average Bonchev–Trinajstić information content (AvgIpc) is 3.75. The van der Waals surface area contributed by atoms with Crippen molar-refractivity contribution in [1.82, 2.24) is 24.9 Å². The van der Waals surface area contributed by atoms with Crippen molar-refractivity contribution in [3.8, 4) is 17.2 Å². The highest BCUT2D eigenvalue weighted by molar-refractivity contribution is 7.90. The molecule has 0 saturated carbocycles. The number of hydrogen-bond donors (Lipinski definition) is 4. The Balaban J connectivity index is 0.938. The van der Waals surface area contributed by atoms with E-state index in [0.717, 1.165) is 107 Å². The Kier molecular flexibility index (Phi) is 12.3. The van der Waals surface area contributed by atoms with E-state index in [0.29, 0.717) is 17.3 Å². The van der Waals surface area contributed by atoms with E-state index in [2.05, 4.69) is 61.1 Å². The molecule has 17 heteroatoms. The van der Waals surface area contributed by atoms with Crippen molar-refractivity contribution in [1.29, 1.82) is 0 Å². The van der Waals surface area contributed by atoms with Crippen LogP contribution in [0, 0.1) is 21.4 Å². The summed E-state index contributed by atoms with van der Waals surface area (Å²) < 4.78 is 42.3.